The van der Waals surface area contributed by atoms with Gasteiger partial charge in [0.15, 0.2) is 0 Å². The molecule has 176 valence electrons. The van der Waals surface area contributed by atoms with E-state index in [0.717, 1.165) is 25.7 Å². The van der Waals surface area contributed by atoms with E-state index in [9.17, 15) is 18.8 Å². The van der Waals surface area contributed by atoms with Crippen LogP contribution >= 0.6 is 0 Å². The number of anilines is 1. The fourth-order valence-corrected chi connectivity index (χ4v) is 5.18. The van der Waals surface area contributed by atoms with Gasteiger partial charge in [-0.15, -0.1) is 0 Å². The van der Waals surface area contributed by atoms with Crippen molar-refractivity contribution >= 4 is 23.3 Å². The van der Waals surface area contributed by atoms with Gasteiger partial charge in [-0.05, 0) is 81.2 Å². The number of Topliss-reactive ketones (excluding diaryl/α,β-unsaturated/α-hetero) is 1. The zero-order valence-corrected chi connectivity index (χ0v) is 19.5. The first-order chi connectivity index (χ1) is 15.6. The molecule has 2 fully saturated rings. The number of carbonyl (C=O) groups is 3. The Labute approximate surface area is 192 Å². The Hall–Kier alpha value is -3.00. The molecule has 2 N–H and O–H groups in total. The first-order valence-corrected chi connectivity index (χ1v) is 11.3. The third kappa shape index (κ3) is 4.08. The highest BCUT2D eigenvalue weighted by Crippen LogP contribution is 2.48. The van der Waals surface area contributed by atoms with Crippen LogP contribution in [0, 0.1) is 32.0 Å². The number of nitrogens with one attached hydrogen (secondary N) is 2. The minimum Gasteiger partial charge on any atom is -0.381 e. The fourth-order valence-electron chi connectivity index (χ4n) is 5.18. The largest absolute Gasteiger partial charge is 0.381 e. The lowest BCUT2D eigenvalue weighted by molar-refractivity contribution is -0.122. The quantitative estimate of drug-likeness (QED) is 0.533. The van der Waals surface area contributed by atoms with Gasteiger partial charge in [0.05, 0.1) is 11.3 Å². The standard InChI is InChI=1S/C25H30FN3O4/c1-14-13-17(5-6-18(14)26)27-23(31)20-15(2)21(29(4)16(20)3)22(30)24(32)28-19-7-8-25(19)9-11-33-12-10-25/h5-6,13,19H,7-12H2,1-4H3,(H,27,31)(H,28,32)/t19-/m0/s1. The van der Waals surface area contributed by atoms with E-state index >= 15 is 0 Å². The second kappa shape index (κ2) is 8.74. The summed E-state index contributed by atoms with van der Waals surface area (Å²) in [4.78, 5) is 39.0. The lowest BCUT2D eigenvalue weighted by atomic mass is 9.60. The number of aromatic nitrogens is 1. The van der Waals surface area contributed by atoms with Gasteiger partial charge in [0, 0.05) is 37.7 Å². The molecular formula is C25H30FN3O4. The number of ether oxygens (including phenoxy) is 1. The van der Waals surface area contributed by atoms with Gasteiger partial charge >= 0.3 is 0 Å². The molecule has 2 aromatic rings. The Morgan fingerprint density at radius 1 is 1.12 bits per heavy atom. The summed E-state index contributed by atoms with van der Waals surface area (Å²) >= 11 is 0. The molecule has 1 aliphatic carbocycles. The predicted octanol–water partition coefficient (Wildman–Crippen LogP) is 3.60. The van der Waals surface area contributed by atoms with Gasteiger partial charge in [-0.1, -0.05) is 0 Å². The third-order valence-electron chi connectivity index (χ3n) is 7.46. The van der Waals surface area contributed by atoms with Crippen LogP contribution in [-0.4, -0.2) is 41.4 Å². The smallest absolute Gasteiger partial charge is 0.294 e. The highest BCUT2D eigenvalue weighted by Gasteiger charge is 2.48. The molecule has 8 heteroatoms. The minimum atomic E-state index is -0.649. The maximum absolute atomic E-state index is 13.5. The Bertz CT molecular complexity index is 1130. The number of benzene rings is 1. The molecule has 1 aliphatic heterocycles. The number of rotatable bonds is 5. The van der Waals surface area contributed by atoms with Crippen LogP contribution in [0.15, 0.2) is 18.2 Å². The Balaban J connectivity index is 1.53. The molecular weight excluding hydrogens is 425 g/mol. The van der Waals surface area contributed by atoms with Crippen molar-refractivity contribution in [1.29, 1.82) is 0 Å². The summed E-state index contributed by atoms with van der Waals surface area (Å²) in [6, 6.07) is 4.30. The van der Waals surface area contributed by atoms with E-state index in [1.165, 1.54) is 12.1 Å². The fraction of sp³-hybridized carbons (Fsp3) is 0.480. The molecule has 0 bridgehead atoms. The molecule has 0 unspecified atom stereocenters. The Morgan fingerprint density at radius 3 is 2.42 bits per heavy atom. The SMILES string of the molecule is Cc1cc(NC(=O)c2c(C)c(C(=O)C(=O)N[C@H]3CCC34CCOCC4)n(C)c2C)ccc1F. The van der Waals surface area contributed by atoms with Crippen molar-refractivity contribution in [3.05, 3.63) is 52.1 Å². The number of hydrogen-bond donors (Lipinski definition) is 2. The molecule has 1 saturated heterocycles. The van der Waals surface area contributed by atoms with E-state index in [-0.39, 0.29) is 23.0 Å². The normalized spacial score (nSPS) is 19.1. The van der Waals surface area contributed by atoms with Crippen molar-refractivity contribution in [2.24, 2.45) is 12.5 Å². The molecule has 0 radical (unpaired) electrons. The van der Waals surface area contributed by atoms with Crippen LogP contribution in [0.25, 0.3) is 0 Å². The van der Waals surface area contributed by atoms with Crippen LogP contribution in [0.1, 0.15) is 63.4 Å². The average molecular weight is 456 g/mol. The molecule has 7 nitrogen and oxygen atoms in total. The molecule has 33 heavy (non-hydrogen) atoms. The van der Waals surface area contributed by atoms with Gasteiger partial charge in [-0.3, -0.25) is 14.4 Å². The summed E-state index contributed by atoms with van der Waals surface area (Å²) in [5.41, 5.74) is 2.46. The lowest BCUT2D eigenvalue weighted by Crippen LogP contribution is -2.58. The van der Waals surface area contributed by atoms with Crippen molar-refractivity contribution in [2.75, 3.05) is 18.5 Å². The summed E-state index contributed by atoms with van der Waals surface area (Å²) in [7, 11) is 1.67. The summed E-state index contributed by atoms with van der Waals surface area (Å²) in [5.74, 6) is -2.06. The Morgan fingerprint density at radius 2 is 1.82 bits per heavy atom. The number of halogens is 1. The molecule has 2 aliphatic rings. The molecule has 1 atom stereocenters. The second-order valence-electron chi connectivity index (χ2n) is 9.28. The van der Waals surface area contributed by atoms with E-state index < -0.39 is 17.6 Å². The Kier molecular flexibility index (Phi) is 6.14. The van der Waals surface area contributed by atoms with Gasteiger partial charge in [-0.2, -0.15) is 0 Å². The summed E-state index contributed by atoms with van der Waals surface area (Å²) in [5, 5.41) is 5.71. The lowest BCUT2D eigenvalue weighted by Gasteiger charge is -2.51. The van der Waals surface area contributed by atoms with Gasteiger partial charge in [0.2, 0.25) is 0 Å². The van der Waals surface area contributed by atoms with Crippen molar-refractivity contribution in [3.8, 4) is 0 Å². The summed E-state index contributed by atoms with van der Waals surface area (Å²) in [6.07, 6.45) is 3.67. The topological polar surface area (TPSA) is 89.4 Å². The third-order valence-corrected chi connectivity index (χ3v) is 7.46. The summed E-state index contributed by atoms with van der Waals surface area (Å²) in [6.45, 7) is 6.38. The maximum atomic E-state index is 13.5. The van der Waals surface area contributed by atoms with Crippen molar-refractivity contribution in [1.82, 2.24) is 9.88 Å². The molecule has 1 aromatic heterocycles. The highest BCUT2D eigenvalue weighted by atomic mass is 19.1. The number of nitrogens with zero attached hydrogens (tertiary/aromatic N) is 1. The van der Waals surface area contributed by atoms with Gasteiger partial charge in [0.25, 0.3) is 17.6 Å². The minimum absolute atomic E-state index is 0.0241. The van der Waals surface area contributed by atoms with E-state index in [0.29, 0.717) is 41.3 Å². The van der Waals surface area contributed by atoms with Crippen LogP contribution in [0.3, 0.4) is 0 Å². The van der Waals surface area contributed by atoms with E-state index in [2.05, 4.69) is 10.6 Å². The van der Waals surface area contributed by atoms with Crippen LogP contribution < -0.4 is 10.6 Å². The summed E-state index contributed by atoms with van der Waals surface area (Å²) < 4.78 is 20.6. The molecule has 1 spiro atoms. The zero-order chi connectivity index (χ0) is 23.9. The van der Waals surface area contributed by atoms with E-state index in [4.69, 9.17) is 4.74 Å². The van der Waals surface area contributed by atoms with Gasteiger partial charge in [0.1, 0.15) is 5.82 Å². The molecule has 2 amide bonds. The molecule has 2 heterocycles. The average Bonchev–Trinajstić information content (AvgIpc) is 3.01. The first-order valence-electron chi connectivity index (χ1n) is 11.3. The number of hydrogen-bond acceptors (Lipinski definition) is 4. The predicted molar refractivity (Wildman–Crippen MR) is 122 cm³/mol. The first kappa shape index (κ1) is 23.2. The van der Waals surface area contributed by atoms with Crippen LogP contribution in [-0.2, 0) is 16.6 Å². The zero-order valence-electron chi connectivity index (χ0n) is 19.5. The number of ketones is 1. The van der Waals surface area contributed by atoms with Gasteiger partial charge in [-0.25, -0.2) is 4.39 Å². The monoisotopic (exact) mass is 455 g/mol. The van der Waals surface area contributed by atoms with Crippen LogP contribution in [0.5, 0.6) is 0 Å². The van der Waals surface area contributed by atoms with Crippen LogP contribution in [0.2, 0.25) is 0 Å². The molecule has 4 rings (SSSR count). The molecule has 1 aromatic carbocycles. The van der Waals surface area contributed by atoms with Crippen LogP contribution in [0.4, 0.5) is 10.1 Å². The van der Waals surface area contributed by atoms with Crippen molar-refractivity contribution < 1.29 is 23.5 Å². The maximum Gasteiger partial charge on any atom is 0.294 e. The number of carbonyl (C=O) groups excluding carboxylic acids is 3. The van der Waals surface area contributed by atoms with E-state index in [1.54, 1.807) is 38.5 Å². The van der Waals surface area contributed by atoms with E-state index in [1.807, 2.05) is 0 Å². The van der Waals surface area contributed by atoms with Crippen molar-refractivity contribution in [2.45, 2.75) is 52.5 Å². The van der Waals surface area contributed by atoms with Gasteiger partial charge < -0.3 is 19.9 Å². The second-order valence-corrected chi connectivity index (χ2v) is 9.28. The number of amides is 2. The highest BCUT2D eigenvalue weighted by molar-refractivity contribution is 6.43. The number of aryl methyl sites for hydroxylation is 1. The van der Waals surface area contributed by atoms with Crippen molar-refractivity contribution in [3.63, 3.8) is 0 Å². The molecule has 1 saturated carbocycles.